The van der Waals surface area contributed by atoms with Crippen LogP contribution in [0.2, 0.25) is 0 Å². The molecule has 0 saturated carbocycles. The zero-order valence-electron chi connectivity index (χ0n) is 16.5. The van der Waals surface area contributed by atoms with Crippen LogP contribution < -0.4 is 5.73 Å². The Labute approximate surface area is 184 Å². The number of aliphatic hydroxyl groups excluding tert-OH is 1. The lowest BCUT2D eigenvalue weighted by Gasteiger charge is -2.25. The molecule has 6 unspecified atom stereocenters. The van der Waals surface area contributed by atoms with E-state index in [-0.39, 0.29) is 11.5 Å². The topological polar surface area (TPSA) is 269 Å². The van der Waals surface area contributed by atoms with Crippen molar-refractivity contribution in [1.82, 2.24) is 14.6 Å². The second kappa shape index (κ2) is 8.79. The first-order valence-corrected chi connectivity index (χ1v) is 13.3. The molecule has 0 aromatic carbocycles. The van der Waals surface area contributed by atoms with Gasteiger partial charge in [0.25, 0.3) is 0 Å². The zero-order chi connectivity index (χ0) is 24.8. The summed E-state index contributed by atoms with van der Waals surface area (Å²) in [5.74, 6) is -0.828. The summed E-state index contributed by atoms with van der Waals surface area (Å²) in [5.41, 5.74) is 4.48. The van der Waals surface area contributed by atoms with Crippen molar-refractivity contribution in [1.29, 1.82) is 5.26 Å². The first-order valence-electron chi connectivity index (χ1n) is 8.75. The van der Waals surface area contributed by atoms with Crippen LogP contribution in [0.4, 0.5) is 5.82 Å². The quantitative estimate of drug-likeness (QED) is 0.241. The van der Waals surface area contributed by atoms with Gasteiger partial charge in [0, 0.05) is 5.92 Å². The van der Waals surface area contributed by atoms with Crippen LogP contribution in [-0.4, -0.2) is 58.1 Å². The Bertz CT molecular complexity index is 1240. The van der Waals surface area contributed by atoms with E-state index in [1.807, 2.05) is 6.07 Å². The summed E-state index contributed by atoms with van der Waals surface area (Å²) >= 11 is 0. The molecule has 0 spiro atoms. The Kier molecular flexibility index (Phi) is 6.89. The third kappa shape index (κ3) is 5.33. The Hall–Kier alpha value is -1.76. The summed E-state index contributed by atoms with van der Waals surface area (Å²) in [4.78, 5) is 39.7. The average molecular weight is 529 g/mol. The third-order valence-corrected chi connectivity index (χ3v) is 8.52. The number of phosphoric ester groups is 1. The highest BCUT2D eigenvalue weighted by Crippen LogP contribution is 2.66. The first kappa shape index (κ1) is 25.9. The number of nitriles is 1. The number of nitrogen functional groups attached to an aromatic ring is 1. The molecule has 20 heteroatoms. The third-order valence-electron chi connectivity index (χ3n) is 4.72. The van der Waals surface area contributed by atoms with Gasteiger partial charge in [0.15, 0.2) is 5.82 Å². The van der Waals surface area contributed by atoms with Crippen LogP contribution in [-0.2, 0) is 37.2 Å². The summed E-state index contributed by atoms with van der Waals surface area (Å²) in [6.45, 7) is 0.529. The summed E-state index contributed by atoms with van der Waals surface area (Å²) in [5, 5.41) is 24.5. The minimum atomic E-state index is -5.71. The molecule has 0 aliphatic carbocycles. The zero-order valence-corrected chi connectivity index (χ0v) is 19.2. The van der Waals surface area contributed by atoms with E-state index in [1.165, 1.54) is 23.6 Å². The molecule has 3 rings (SSSR count). The summed E-state index contributed by atoms with van der Waals surface area (Å²) in [6, 6.07) is 4.94. The molecule has 1 aliphatic rings. The lowest BCUT2D eigenvalue weighted by molar-refractivity contribution is -0.0536. The minimum absolute atomic E-state index is 0.111. The molecule has 6 atom stereocenters. The molecule has 33 heavy (non-hydrogen) atoms. The normalized spacial score (nSPS) is 29.4. The van der Waals surface area contributed by atoms with Crippen molar-refractivity contribution < 1.29 is 56.3 Å². The molecule has 17 nitrogen and oxygen atoms in total. The number of nitrogens with zero attached hydrogens (tertiary/aromatic N) is 4. The van der Waals surface area contributed by atoms with E-state index in [0.29, 0.717) is 5.52 Å². The van der Waals surface area contributed by atoms with Gasteiger partial charge in [0.1, 0.15) is 24.0 Å². The maximum atomic E-state index is 11.9. The van der Waals surface area contributed by atoms with E-state index in [0.717, 1.165) is 6.33 Å². The van der Waals surface area contributed by atoms with E-state index in [1.54, 1.807) is 0 Å². The number of aliphatic hydroxyl groups is 1. The van der Waals surface area contributed by atoms with Crippen molar-refractivity contribution in [2.75, 3.05) is 12.3 Å². The second-order valence-electron chi connectivity index (χ2n) is 6.83. The van der Waals surface area contributed by atoms with Crippen LogP contribution in [0.1, 0.15) is 12.6 Å². The Balaban J connectivity index is 1.80. The standard InChI is InChI=1S/C13H18N5O12P3/c1-7-11(19)9(4-27-32(23,24)30-33(25,26)29-31(20,21)22)28-13(7,5-14)10-3-2-8-12(15)16-6-17-18(8)10/h2-3,6-7,9,11,19H,4H2,1H3,(H,23,24)(H,25,26)(H2,15,16,17)(H2,20,21,22). The largest absolute Gasteiger partial charge is 0.490 e. The maximum Gasteiger partial charge on any atom is 0.490 e. The van der Waals surface area contributed by atoms with Gasteiger partial charge in [-0.05, 0) is 12.1 Å². The lowest BCUT2D eigenvalue weighted by Crippen LogP contribution is -2.34. The van der Waals surface area contributed by atoms with Gasteiger partial charge < -0.3 is 35.2 Å². The van der Waals surface area contributed by atoms with Crippen molar-refractivity contribution in [3.63, 3.8) is 0 Å². The van der Waals surface area contributed by atoms with E-state index >= 15 is 0 Å². The minimum Gasteiger partial charge on any atom is -0.390 e. The highest BCUT2D eigenvalue weighted by atomic mass is 31.3. The number of fused-ring (bicyclic) bond motifs is 1. The number of ether oxygens (including phenoxy) is 1. The highest BCUT2D eigenvalue weighted by molar-refractivity contribution is 7.66. The molecule has 2 aromatic rings. The molecule has 3 heterocycles. The molecule has 0 radical (unpaired) electrons. The molecule has 1 saturated heterocycles. The number of hydrogen-bond donors (Lipinski definition) is 6. The Morgan fingerprint density at radius 3 is 2.52 bits per heavy atom. The molecule has 1 aliphatic heterocycles. The smallest absolute Gasteiger partial charge is 0.390 e. The summed E-state index contributed by atoms with van der Waals surface area (Å²) in [6.07, 6.45) is -1.73. The Morgan fingerprint density at radius 1 is 1.24 bits per heavy atom. The monoisotopic (exact) mass is 529 g/mol. The van der Waals surface area contributed by atoms with Crippen LogP contribution in [0.5, 0.6) is 0 Å². The van der Waals surface area contributed by atoms with Crippen molar-refractivity contribution in [3.8, 4) is 6.07 Å². The fraction of sp³-hybridized carbons (Fsp3) is 0.462. The van der Waals surface area contributed by atoms with Gasteiger partial charge in [-0.3, -0.25) is 4.52 Å². The van der Waals surface area contributed by atoms with Crippen LogP contribution in [0.25, 0.3) is 5.52 Å². The van der Waals surface area contributed by atoms with Crippen molar-refractivity contribution in [2.45, 2.75) is 24.7 Å². The van der Waals surface area contributed by atoms with Crippen LogP contribution >= 0.6 is 23.5 Å². The van der Waals surface area contributed by atoms with E-state index < -0.39 is 53.8 Å². The van der Waals surface area contributed by atoms with Crippen LogP contribution in [0.3, 0.4) is 0 Å². The molecule has 0 bridgehead atoms. The van der Waals surface area contributed by atoms with Gasteiger partial charge in [-0.15, -0.1) is 0 Å². The Morgan fingerprint density at radius 2 is 1.91 bits per heavy atom. The molecule has 2 aromatic heterocycles. The van der Waals surface area contributed by atoms with Crippen molar-refractivity contribution in [3.05, 3.63) is 24.2 Å². The molecular weight excluding hydrogens is 511 g/mol. The SMILES string of the molecule is CC1C(O)C(COP(=O)(O)OP(=O)(O)OP(=O)(O)O)OC1(C#N)c1ccc2c(N)ncnn12. The molecule has 1 fully saturated rings. The van der Waals surface area contributed by atoms with Gasteiger partial charge in [-0.2, -0.15) is 19.0 Å². The molecule has 182 valence electrons. The molecular formula is C13H18N5O12P3. The number of hydrogen-bond acceptors (Lipinski definition) is 12. The molecule has 0 amide bonds. The molecule has 7 N–H and O–H groups in total. The predicted octanol–water partition coefficient (Wildman–Crippen LogP) is -0.231. The van der Waals surface area contributed by atoms with Gasteiger partial charge in [0.2, 0.25) is 5.60 Å². The number of anilines is 1. The van der Waals surface area contributed by atoms with E-state index in [9.17, 15) is 33.9 Å². The average Bonchev–Trinajstić information content (AvgIpc) is 3.20. The number of nitrogens with two attached hydrogens (primary N) is 1. The number of rotatable bonds is 8. The van der Waals surface area contributed by atoms with Gasteiger partial charge >= 0.3 is 23.5 Å². The van der Waals surface area contributed by atoms with E-state index in [2.05, 4.69) is 23.2 Å². The fourth-order valence-electron chi connectivity index (χ4n) is 3.29. The van der Waals surface area contributed by atoms with Crippen LogP contribution in [0.15, 0.2) is 18.5 Å². The van der Waals surface area contributed by atoms with Gasteiger partial charge in [-0.25, -0.2) is 23.2 Å². The predicted molar refractivity (Wildman–Crippen MR) is 105 cm³/mol. The highest BCUT2D eigenvalue weighted by Gasteiger charge is 2.56. The van der Waals surface area contributed by atoms with E-state index in [4.69, 9.17) is 20.3 Å². The van der Waals surface area contributed by atoms with Crippen molar-refractivity contribution in [2.24, 2.45) is 5.92 Å². The van der Waals surface area contributed by atoms with Crippen molar-refractivity contribution >= 4 is 34.8 Å². The number of aromatic nitrogens is 3. The van der Waals surface area contributed by atoms with Gasteiger partial charge in [-0.1, -0.05) is 6.92 Å². The second-order valence-corrected chi connectivity index (χ2v) is 11.3. The maximum absolute atomic E-state index is 11.9. The summed E-state index contributed by atoms with van der Waals surface area (Å²) in [7, 11) is -16.7. The van der Waals surface area contributed by atoms with Gasteiger partial charge in [0.05, 0.1) is 18.4 Å². The first-order chi connectivity index (χ1) is 15.1. The number of phosphoric acid groups is 3. The fourth-order valence-corrected chi connectivity index (χ4v) is 6.32. The van der Waals surface area contributed by atoms with Crippen LogP contribution in [0, 0.1) is 17.2 Å². The summed E-state index contributed by atoms with van der Waals surface area (Å²) < 4.78 is 52.8. The lowest BCUT2D eigenvalue weighted by atomic mass is 9.85.